The summed E-state index contributed by atoms with van der Waals surface area (Å²) in [6.45, 7) is 1.34. The van der Waals surface area contributed by atoms with Crippen molar-refractivity contribution in [2.24, 2.45) is 0 Å². The summed E-state index contributed by atoms with van der Waals surface area (Å²) in [7, 11) is -2.27. The Bertz CT molecular complexity index is 884. The van der Waals surface area contributed by atoms with E-state index in [1.165, 1.54) is 26.2 Å². The van der Waals surface area contributed by atoms with E-state index in [0.717, 1.165) is 0 Å². The number of carbonyl (C=O) groups excluding carboxylic acids is 1. The van der Waals surface area contributed by atoms with E-state index in [1.807, 2.05) is 0 Å². The Labute approximate surface area is 156 Å². The zero-order valence-electron chi connectivity index (χ0n) is 13.6. The third-order valence-electron chi connectivity index (χ3n) is 3.62. The molecule has 0 unspecified atom stereocenters. The maximum atomic E-state index is 12.5. The van der Waals surface area contributed by atoms with Crippen molar-refractivity contribution in [3.63, 3.8) is 0 Å². The number of nitrogens with one attached hydrogen (secondary N) is 1. The normalized spacial score (nSPS) is 12.5. The van der Waals surface area contributed by atoms with Crippen molar-refractivity contribution in [3.8, 4) is 5.75 Å². The predicted octanol–water partition coefficient (Wildman–Crippen LogP) is 3.94. The van der Waals surface area contributed by atoms with E-state index in [9.17, 15) is 13.2 Å². The lowest BCUT2D eigenvalue weighted by Crippen LogP contribution is -2.33. The van der Waals surface area contributed by atoms with Crippen molar-refractivity contribution < 1.29 is 17.9 Å². The first kappa shape index (κ1) is 19.6. The second-order valence-corrected chi connectivity index (χ2v) is 8.52. The summed E-state index contributed by atoms with van der Waals surface area (Å²) in [4.78, 5) is 12.3. The van der Waals surface area contributed by atoms with Crippen LogP contribution < -0.4 is 10.1 Å². The Morgan fingerprint density at radius 3 is 2.48 bits per heavy atom. The maximum Gasteiger partial charge on any atom is 0.242 e. The standard InChI is InChI=1S/C17H17Cl2NO4S/c1-11(17(21)20-15-5-3-4-6-16(15)24-2)25(22,23)10-12-7-8-13(18)14(19)9-12/h3-9,11H,10H2,1-2H3,(H,20,21)/t11-/m0/s1. The van der Waals surface area contributed by atoms with Crippen LogP contribution in [0.25, 0.3) is 0 Å². The monoisotopic (exact) mass is 401 g/mol. The van der Waals surface area contributed by atoms with E-state index in [-0.39, 0.29) is 10.8 Å². The number of para-hydroxylation sites is 2. The highest BCUT2D eigenvalue weighted by molar-refractivity contribution is 7.92. The number of hydrogen-bond donors (Lipinski definition) is 1. The van der Waals surface area contributed by atoms with Gasteiger partial charge >= 0.3 is 0 Å². The molecule has 0 aliphatic heterocycles. The summed E-state index contributed by atoms with van der Waals surface area (Å²) >= 11 is 11.7. The molecule has 0 heterocycles. The predicted molar refractivity (Wildman–Crippen MR) is 100 cm³/mol. The van der Waals surface area contributed by atoms with Gasteiger partial charge in [-0.15, -0.1) is 0 Å². The molecular formula is C17H17Cl2NO4S. The fourth-order valence-corrected chi connectivity index (χ4v) is 3.73. The van der Waals surface area contributed by atoms with Crippen molar-refractivity contribution in [2.45, 2.75) is 17.9 Å². The highest BCUT2D eigenvalue weighted by Crippen LogP contribution is 2.26. The molecule has 0 bridgehead atoms. The molecule has 0 radical (unpaired) electrons. The van der Waals surface area contributed by atoms with Gasteiger partial charge in [0, 0.05) is 0 Å². The summed E-state index contributed by atoms with van der Waals surface area (Å²) in [5.41, 5.74) is 0.873. The fraction of sp³-hybridized carbons (Fsp3) is 0.235. The lowest BCUT2D eigenvalue weighted by molar-refractivity contribution is -0.115. The number of rotatable bonds is 6. The van der Waals surface area contributed by atoms with Crippen molar-refractivity contribution in [1.82, 2.24) is 0 Å². The van der Waals surface area contributed by atoms with E-state index >= 15 is 0 Å². The van der Waals surface area contributed by atoms with Gasteiger partial charge in [-0.2, -0.15) is 0 Å². The molecule has 0 saturated carbocycles. The van der Waals surface area contributed by atoms with Crippen LogP contribution in [0.3, 0.4) is 0 Å². The number of hydrogen-bond acceptors (Lipinski definition) is 4. The first-order valence-electron chi connectivity index (χ1n) is 7.34. The molecule has 0 aliphatic carbocycles. The SMILES string of the molecule is COc1ccccc1NC(=O)[C@H](C)S(=O)(=O)Cc1ccc(Cl)c(Cl)c1. The molecule has 0 fully saturated rings. The van der Waals surface area contributed by atoms with Gasteiger partial charge < -0.3 is 10.1 Å². The third-order valence-corrected chi connectivity index (χ3v) is 6.39. The molecule has 25 heavy (non-hydrogen) atoms. The molecule has 2 aromatic rings. The topological polar surface area (TPSA) is 72.5 Å². The van der Waals surface area contributed by atoms with E-state index in [1.54, 1.807) is 30.3 Å². The van der Waals surface area contributed by atoms with Crippen molar-refractivity contribution >= 4 is 44.6 Å². The molecule has 8 heteroatoms. The minimum absolute atomic E-state index is 0.264. The quantitative estimate of drug-likeness (QED) is 0.795. The molecule has 0 spiro atoms. The van der Waals surface area contributed by atoms with Crippen molar-refractivity contribution in [3.05, 3.63) is 58.1 Å². The smallest absolute Gasteiger partial charge is 0.242 e. The Balaban J connectivity index is 2.15. The number of benzene rings is 2. The summed E-state index contributed by atoms with van der Waals surface area (Å²) in [5.74, 6) is -0.501. The summed E-state index contributed by atoms with van der Waals surface area (Å²) in [6.07, 6.45) is 0. The van der Waals surface area contributed by atoms with Gasteiger partial charge in [0.25, 0.3) is 0 Å². The fourth-order valence-electron chi connectivity index (χ4n) is 2.13. The number of amides is 1. The van der Waals surface area contributed by atoms with Gasteiger partial charge in [-0.25, -0.2) is 8.42 Å². The van der Waals surface area contributed by atoms with Crippen LogP contribution in [0.1, 0.15) is 12.5 Å². The minimum atomic E-state index is -3.74. The lowest BCUT2D eigenvalue weighted by Gasteiger charge is -2.15. The van der Waals surface area contributed by atoms with Gasteiger partial charge in [0.1, 0.15) is 11.0 Å². The van der Waals surface area contributed by atoms with Gasteiger partial charge in [0.2, 0.25) is 5.91 Å². The largest absolute Gasteiger partial charge is 0.495 e. The van der Waals surface area contributed by atoms with Crippen LogP contribution >= 0.6 is 23.2 Å². The van der Waals surface area contributed by atoms with Gasteiger partial charge in [-0.1, -0.05) is 41.4 Å². The molecule has 134 valence electrons. The highest BCUT2D eigenvalue weighted by atomic mass is 35.5. The number of sulfone groups is 1. The van der Waals surface area contributed by atoms with Crippen LogP contribution in [0.15, 0.2) is 42.5 Å². The van der Waals surface area contributed by atoms with Crippen molar-refractivity contribution in [1.29, 1.82) is 0 Å². The van der Waals surface area contributed by atoms with Gasteiger partial charge in [-0.05, 0) is 36.8 Å². The molecule has 1 amide bonds. The average Bonchev–Trinajstić information content (AvgIpc) is 2.57. The molecule has 2 aromatic carbocycles. The third kappa shape index (κ3) is 4.87. The van der Waals surface area contributed by atoms with Crippen LogP contribution in [-0.2, 0) is 20.4 Å². The summed E-state index contributed by atoms with van der Waals surface area (Å²) in [6, 6.07) is 11.3. The van der Waals surface area contributed by atoms with Gasteiger partial charge in [-0.3, -0.25) is 4.79 Å². The maximum absolute atomic E-state index is 12.5. The molecule has 0 aliphatic rings. The number of anilines is 1. The number of halogens is 2. The molecule has 5 nitrogen and oxygen atoms in total. The van der Waals surface area contributed by atoms with Gasteiger partial charge in [0.05, 0.1) is 28.6 Å². The Morgan fingerprint density at radius 2 is 1.84 bits per heavy atom. The number of methoxy groups -OCH3 is 1. The minimum Gasteiger partial charge on any atom is -0.495 e. The lowest BCUT2D eigenvalue weighted by atomic mass is 10.2. The van der Waals surface area contributed by atoms with Crippen LogP contribution in [0, 0.1) is 0 Å². The zero-order valence-corrected chi connectivity index (χ0v) is 16.0. The zero-order chi connectivity index (χ0) is 18.6. The number of ether oxygens (including phenoxy) is 1. The summed E-state index contributed by atoms with van der Waals surface area (Å²) < 4.78 is 30.2. The Morgan fingerprint density at radius 1 is 1.16 bits per heavy atom. The van der Waals surface area contributed by atoms with Crippen LogP contribution in [-0.4, -0.2) is 26.7 Å². The highest BCUT2D eigenvalue weighted by Gasteiger charge is 2.29. The molecule has 1 atom stereocenters. The van der Waals surface area contributed by atoms with E-state index in [2.05, 4.69) is 5.32 Å². The van der Waals surface area contributed by atoms with E-state index in [4.69, 9.17) is 27.9 Å². The average molecular weight is 402 g/mol. The first-order chi connectivity index (χ1) is 11.7. The first-order valence-corrected chi connectivity index (χ1v) is 9.81. The van der Waals surface area contributed by atoms with Crippen molar-refractivity contribution in [2.75, 3.05) is 12.4 Å². The molecule has 2 rings (SSSR count). The Hall–Kier alpha value is -1.76. The Kier molecular flexibility index (Phi) is 6.32. The molecule has 0 aromatic heterocycles. The second kappa shape index (κ2) is 8.08. The molecular weight excluding hydrogens is 385 g/mol. The van der Waals surface area contributed by atoms with Crippen LogP contribution in [0.2, 0.25) is 10.0 Å². The van der Waals surface area contributed by atoms with Gasteiger partial charge in [0.15, 0.2) is 9.84 Å². The van der Waals surface area contributed by atoms with E-state index in [0.29, 0.717) is 22.0 Å². The number of carbonyl (C=O) groups is 1. The molecule has 1 N–H and O–H groups in total. The van der Waals surface area contributed by atoms with E-state index < -0.39 is 21.0 Å². The van der Waals surface area contributed by atoms with Crippen LogP contribution in [0.4, 0.5) is 5.69 Å². The second-order valence-electron chi connectivity index (χ2n) is 5.39. The summed E-state index contributed by atoms with van der Waals surface area (Å²) in [5, 5.41) is 1.94. The molecule has 0 saturated heterocycles. The van der Waals surface area contributed by atoms with Crippen LogP contribution in [0.5, 0.6) is 5.75 Å².